The van der Waals surface area contributed by atoms with Crippen molar-refractivity contribution in [2.24, 2.45) is 0 Å². The minimum Gasteiger partial charge on any atom is -0.342 e. The largest absolute Gasteiger partial charge is 0.342 e. The van der Waals surface area contributed by atoms with Gasteiger partial charge in [0.15, 0.2) is 11.6 Å². The van der Waals surface area contributed by atoms with Gasteiger partial charge in [0.2, 0.25) is 0 Å². The Morgan fingerprint density at radius 1 is 1.15 bits per heavy atom. The van der Waals surface area contributed by atoms with E-state index in [0.29, 0.717) is 6.42 Å². The summed E-state index contributed by atoms with van der Waals surface area (Å²) < 4.78 is 0. The number of carbonyl (C=O) groups is 1. The van der Waals surface area contributed by atoms with Gasteiger partial charge in [-0.15, -0.1) is 22.7 Å². The van der Waals surface area contributed by atoms with Gasteiger partial charge in [0.1, 0.15) is 0 Å². The summed E-state index contributed by atoms with van der Waals surface area (Å²) in [5.74, 6) is 1.40. The van der Waals surface area contributed by atoms with Crippen LogP contribution >= 0.6 is 22.7 Å². The SMILES string of the molecule is Cc1ccsc1[C@@H]1C2=C(C[C@@H](c3cccs3)CC2=O)Nc2n[nH]c(C)c21. The molecule has 0 radical (unpaired) electrons. The van der Waals surface area contributed by atoms with Crippen molar-refractivity contribution in [1.29, 1.82) is 0 Å². The molecule has 3 aromatic heterocycles. The van der Waals surface area contributed by atoms with E-state index in [2.05, 4.69) is 51.4 Å². The molecule has 0 saturated carbocycles. The zero-order chi connectivity index (χ0) is 17.8. The van der Waals surface area contributed by atoms with Gasteiger partial charge in [-0.1, -0.05) is 6.07 Å². The van der Waals surface area contributed by atoms with Crippen molar-refractivity contribution < 1.29 is 4.79 Å². The van der Waals surface area contributed by atoms with Gasteiger partial charge in [-0.2, -0.15) is 5.10 Å². The first kappa shape index (κ1) is 16.0. The van der Waals surface area contributed by atoms with Crippen LogP contribution in [0.4, 0.5) is 5.82 Å². The molecule has 1 aliphatic carbocycles. The lowest BCUT2D eigenvalue weighted by atomic mass is 9.75. The maximum absolute atomic E-state index is 13.3. The minimum absolute atomic E-state index is 0.00298. The molecule has 0 bridgehead atoms. The number of hydrogen-bond acceptors (Lipinski definition) is 5. The molecule has 132 valence electrons. The summed E-state index contributed by atoms with van der Waals surface area (Å²) in [6.07, 6.45) is 1.46. The molecule has 2 aliphatic rings. The van der Waals surface area contributed by atoms with E-state index in [1.807, 2.05) is 6.92 Å². The predicted octanol–water partition coefficient (Wildman–Crippen LogP) is 5.11. The van der Waals surface area contributed by atoms with Crippen LogP contribution in [0.25, 0.3) is 0 Å². The first-order chi connectivity index (χ1) is 12.6. The molecule has 0 fully saturated rings. The smallest absolute Gasteiger partial charge is 0.162 e. The fourth-order valence-corrected chi connectivity index (χ4v) is 6.10. The number of aromatic nitrogens is 2. The molecule has 0 amide bonds. The standard InChI is InChI=1S/C20H19N3OS2/c1-10-5-7-26-19(10)18-16-11(2)22-23-20(16)21-13-8-12(9-14(24)17(13)18)15-4-3-6-25-15/h3-7,12,18H,8-9H2,1-2H3,(H2,21,22,23)/t12-,18+/m1/s1. The number of carbonyl (C=O) groups excluding carboxylic acids is 1. The lowest BCUT2D eigenvalue weighted by Crippen LogP contribution is -2.29. The average molecular weight is 382 g/mol. The Balaban J connectivity index is 1.66. The van der Waals surface area contributed by atoms with E-state index in [9.17, 15) is 4.79 Å². The first-order valence-electron chi connectivity index (χ1n) is 8.79. The number of aryl methyl sites for hydroxylation is 2. The van der Waals surface area contributed by atoms with E-state index in [1.165, 1.54) is 15.3 Å². The normalized spacial score (nSPS) is 22.2. The molecule has 5 rings (SSSR count). The van der Waals surface area contributed by atoms with Crippen molar-refractivity contribution in [2.75, 3.05) is 5.32 Å². The number of rotatable bonds is 2. The summed E-state index contributed by atoms with van der Waals surface area (Å²) >= 11 is 3.47. The van der Waals surface area contributed by atoms with E-state index < -0.39 is 0 Å². The summed E-state index contributed by atoms with van der Waals surface area (Å²) in [5.41, 5.74) is 5.40. The van der Waals surface area contributed by atoms with Gasteiger partial charge in [0, 0.05) is 44.6 Å². The topological polar surface area (TPSA) is 57.8 Å². The lowest BCUT2D eigenvalue weighted by molar-refractivity contribution is -0.116. The second-order valence-corrected chi connectivity index (χ2v) is 9.00. The van der Waals surface area contributed by atoms with Crippen LogP contribution in [0.3, 0.4) is 0 Å². The zero-order valence-corrected chi connectivity index (χ0v) is 16.3. The molecule has 4 heterocycles. The molecule has 26 heavy (non-hydrogen) atoms. The molecule has 2 atom stereocenters. The fraction of sp³-hybridized carbons (Fsp3) is 0.300. The third-order valence-corrected chi connectivity index (χ3v) is 7.58. The Morgan fingerprint density at radius 2 is 2.04 bits per heavy atom. The van der Waals surface area contributed by atoms with Crippen LogP contribution in [-0.2, 0) is 4.79 Å². The van der Waals surface area contributed by atoms with E-state index in [0.717, 1.165) is 34.8 Å². The number of nitrogens with one attached hydrogen (secondary N) is 2. The highest BCUT2D eigenvalue weighted by atomic mass is 32.1. The van der Waals surface area contributed by atoms with Gasteiger partial charge in [0.05, 0.1) is 5.92 Å². The second-order valence-electron chi connectivity index (χ2n) is 7.07. The Hall–Kier alpha value is -2.18. The Morgan fingerprint density at radius 3 is 2.77 bits per heavy atom. The molecular formula is C20H19N3OS2. The summed E-state index contributed by atoms with van der Waals surface area (Å²) in [5, 5.41) is 15.3. The number of Topliss-reactive ketones (excluding diaryl/α,β-unsaturated/α-hetero) is 1. The van der Waals surface area contributed by atoms with Crippen molar-refractivity contribution in [3.8, 4) is 0 Å². The van der Waals surface area contributed by atoms with Crippen LogP contribution in [0.1, 0.15) is 51.3 Å². The molecular weight excluding hydrogens is 362 g/mol. The van der Waals surface area contributed by atoms with E-state index in [-0.39, 0.29) is 17.6 Å². The Bertz CT molecular complexity index is 1030. The summed E-state index contributed by atoms with van der Waals surface area (Å²) in [6.45, 7) is 4.17. The van der Waals surface area contributed by atoms with Crippen molar-refractivity contribution in [2.45, 2.75) is 38.5 Å². The summed E-state index contributed by atoms with van der Waals surface area (Å²) in [4.78, 5) is 15.8. The van der Waals surface area contributed by atoms with Crippen LogP contribution < -0.4 is 5.32 Å². The monoisotopic (exact) mass is 381 g/mol. The first-order valence-corrected chi connectivity index (χ1v) is 10.5. The molecule has 6 heteroatoms. The molecule has 0 saturated heterocycles. The Labute approximate surface area is 160 Å². The predicted molar refractivity (Wildman–Crippen MR) is 106 cm³/mol. The molecule has 0 spiro atoms. The van der Waals surface area contributed by atoms with Gasteiger partial charge in [-0.3, -0.25) is 9.89 Å². The Kier molecular flexibility index (Phi) is 3.65. The molecule has 2 N–H and O–H groups in total. The minimum atomic E-state index is -0.00298. The number of ketones is 1. The number of allylic oxidation sites excluding steroid dienone is 2. The van der Waals surface area contributed by atoms with Crippen LogP contribution in [0.5, 0.6) is 0 Å². The highest BCUT2D eigenvalue weighted by molar-refractivity contribution is 7.10. The quantitative estimate of drug-likeness (QED) is 0.649. The maximum Gasteiger partial charge on any atom is 0.162 e. The van der Waals surface area contributed by atoms with Crippen molar-refractivity contribution in [3.63, 3.8) is 0 Å². The molecule has 1 aliphatic heterocycles. The number of H-pyrrole nitrogens is 1. The third-order valence-electron chi connectivity index (χ3n) is 5.46. The molecule has 0 unspecified atom stereocenters. The zero-order valence-electron chi connectivity index (χ0n) is 14.6. The average Bonchev–Trinajstić information content (AvgIpc) is 3.35. The van der Waals surface area contributed by atoms with Gasteiger partial charge < -0.3 is 5.32 Å². The van der Waals surface area contributed by atoms with Crippen molar-refractivity contribution in [1.82, 2.24) is 10.2 Å². The number of thiophene rings is 2. The number of hydrogen-bond donors (Lipinski definition) is 2. The van der Waals surface area contributed by atoms with Gasteiger partial charge in [-0.05, 0) is 48.7 Å². The molecule has 3 aromatic rings. The van der Waals surface area contributed by atoms with Crippen molar-refractivity contribution in [3.05, 3.63) is 66.8 Å². The highest BCUT2D eigenvalue weighted by Gasteiger charge is 2.41. The van der Waals surface area contributed by atoms with Gasteiger partial charge in [-0.25, -0.2) is 0 Å². The number of fused-ring (bicyclic) bond motifs is 1. The van der Waals surface area contributed by atoms with Gasteiger partial charge >= 0.3 is 0 Å². The maximum atomic E-state index is 13.3. The summed E-state index contributed by atoms with van der Waals surface area (Å²) in [7, 11) is 0. The lowest BCUT2D eigenvalue weighted by Gasteiger charge is -2.34. The van der Waals surface area contributed by atoms with E-state index in [1.54, 1.807) is 22.7 Å². The van der Waals surface area contributed by atoms with Gasteiger partial charge in [0.25, 0.3) is 0 Å². The number of nitrogens with zero attached hydrogens (tertiary/aromatic N) is 1. The second kappa shape index (κ2) is 5.93. The van der Waals surface area contributed by atoms with Crippen LogP contribution in [0, 0.1) is 13.8 Å². The molecule has 4 nitrogen and oxygen atoms in total. The number of anilines is 1. The van der Waals surface area contributed by atoms with Crippen molar-refractivity contribution >= 4 is 34.3 Å². The van der Waals surface area contributed by atoms with Crippen LogP contribution in [-0.4, -0.2) is 16.0 Å². The van der Waals surface area contributed by atoms with E-state index >= 15 is 0 Å². The fourth-order valence-electron chi connectivity index (χ4n) is 4.22. The third kappa shape index (κ3) is 2.32. The summed E-state index contributed by atoms with van der Waals surface area (Å²) in [6, 6.07) is 6.34. The van der Waals surface area contributed by atoms with Crippen LogP contribution in [0.15, 0.2) is 40.2 Å². The van der Waals surface area contributed by atoms with E-state index in [4.69, 9.17) is 0 Å². The van der Waals surface area contributed by atoms with Crippen LogP contribution in [0.2, 0.25) is 0 Å². The molecule has 0 aromatic carbocycles. The highest BCUT2D eigenvalue weighted by Crippen LogP contribution is 2.50. The number of aromatic amines is 1.